The molecule has 1 heterocycles. The van der Waals surface area contributed by atoms with Crippen molar-refractivity contribution < 1.29 is 19.1 Å². The number of ether oxygens (including phenoxy) is 2. The van der Waals surface area contributed by atoms with Crippen LogP contribution in [0.1, 0.15) is 24.2 Å². The largest absolute Gasteiger partial charge is 0.497 e. The molecule has 0 atom stereocenters. The fraction of sp³-hybridized carbons (Fsp3) is 0.550. The fourth-order valence-corrected chi connectivity index (χ4v) is 2.92. The number of amides is 2. The Morgan fingerprint density at radius 2 is 1.69 bits per heavy atom. The second-order valence-corrected chi connectivity index (χ2v) is 6.39. The summed E-state index contributed by atoms with van der Waals surface area (Å²) in [7, 11) is 1.59. The summed E-state index contributed by atoms with van der Waals surface area (Å²) in [6, 6.07) is 6.97. The molecule has 1 aliphatic rings. The molecule has 9 heteroatoms. The number of benzene rings is 1. The van der Waals surface area contributed by atoms with E-state index in [2.05, 4.69) is 20.5 Å². The number of hydrogen-bond donors (Lipinski definition) is 2. The van der Waals surface area contributed by atoms with E-state index in [1.807, 2.05) is 6.92 Å². The number of nitrogens with one attached hydrogen (secondary N) is 2. The van der Waals surface area contributed by atoms with Gasteiger partial charge in [0.25, 0.3) is 5.91 Å². The van der Waals surface area contributed by atoms with Crippen LogP contribution in [-0.4, -0.2) is 87.3 Å². The number of aliphatic imine (C=N–C) groups is 1. The second kappa shape index (κ2) is 11.8. The van der Waals surface area contributed by atoms with Gasteiger partial charge in [0.1, 0.15) is 5.75 Å². The topological polar surface area (TPSA) is 95.5 Å². The third-order valence-electron chi connectivity index (χ3n) is 4.45. The maximum absolute atomic E-state index is 12.2. The molecule has 2 amide bonds. The van der Waals surface area contributed by atoms with E-state index in [0.29, 0.717) is 57.2 Å². The van der Waals surface area contributed by atoms with Crippen LogP contribution in [0, 0.1) is 0 Å². The molecule has 9 nitrogen and oxygen atoms in total. The number of carbonyl (C=O) groups excluding carboxylic acids is 2. The predicted molar refractivity (Wildman–Crippen MR) is 111 cm³/mol. The molecule has 0 aliphatic carbocycles. The lowest BCUT2D eigenvalue weighted by atomic mass is 10.2. The zero-order chi connectivity index (χ0) is 21.1. The quantitative estimate of drug-likeness (QED) is 0.402. The van der Waals surface area contributed by atoms with Crippen molar-refractivity contribution in [2.45, 2.75) is 13.8 Å². The molecule has 1 aromatic carbocycles. The maximum Gasteiger partial charge on any atom is 0.409 e. The Bertz CT molecular complexity index is 685. The molecule has 0 aromatic heterocycles. The summed E-state index contributed by atoms with van der Waals surface area (Å²) in [5, 5.41) is 6.14. The number of piperazine rings is 1. The van der Waals surface area contributed by atoms with E-state index in [0.717, 1.165) is 12.5 Å². The summed E-state index contributed by atoms with van der Waals surface area (Å²) in [6.07, 6.45) is -0.268. The molecule has 0 unspecified atom stereocenters. The van der Waals surface area contributed by atoms with E-state index in [1.54, 1.807) is 43.2 Å². The van der Waals surface area contributed by atoms with Gasteiger partial charge in [-0.3, -0.25) is 9.79 Å². The summed E-state index contributed by atoms with van der Waals surface area (Å²) >= 11 is 0. The fourth-order valence-electron chi connectivity index (χ4n) is 2.92. The van der Waals surface area contributed by atoms with Gasteiger partial charge in [-0.15, -0.1) is 0 Å². The minimum absolute atomic E-state index is 0.143. The SMILES string of the molecule is CCNC(=NCCNC(=O)c1ccc(OC)cc1)N1CCN(C(=O)OCC)CC1. The number of guanidine groups is 1. The Balaban J connectivity index is 1.81. The van der Waals surface area contributed by atoms with Crippen LogP contribution in [0.5, 0.6) is 5.75 Å². The maximum atomic E-state index is 12.2. The second-order valence-electron chi connectivity index (χ2n) is 6.39. The molecular formula is C20H31N5O4. The van der Waals surface area contributed by atoms with E-state index in [9.17, 15) is 9.59 Å². The smallest absolute Gasteiger partial charge is 0.409 e. The van der Waals surface area contributed by atoms with Crippen LogP contribution in [0.4, 0.5) is 4.79 Å². The first-order valence-electron chi connectivity index (χ1n) is 9.96. The number of hydrogen-bond acceptors (Lipinski definition) is 5. The average molecular weight is 405 g/mol. The predicted octanol–water partition coefficient (Wildman–Crippen LogP) is 1.16. The highest BCUT2D eigenvalue weighted by atomic mass is 16.6. The van der Waals surface area contributed by atoms with Crippen LogP contribution < -0.4 is 15.4 Å². The van der Waals surface area contributed by atoms with E-state index in [1.165, 1.54) is 0 Å². The first-order chi connectivity index (χ1) is 14.1. The minimum Gasteiger partial charge on any atom is -0.497 e. The van der Waals surface area contributed by atoms with Gasteiger partial charge in [-0.1, -0.05) is 0 Å². The molecule has 2 rings (SSSR count). The van der Waals surface area contributed by atoms with Crippen LogP contribution in [0.2, 0.25) is 0 Å². The van der Waals surface area contributed by atoms with Gasteiger partial charge in [0.05, 0.1) is 20.3 Å². The van der Waals surface area contributed by atoms with E-state index in [4.69, 9.17) is 9.47 Å². The Morgan fingerprint density at radius 1 is 1.03 bits per heavy atom. The molecule has 0 saturated carbocycles. The molecule has 0 radical (unpaired) electrons. The summed E-state index contributed by atoms with van der Waals surface area (Å²) in [5.74, 6) is 1.36. The molecule has 29 heavy (non-hydrogen) atoms. The van der Waals surface area contributed by atoms with Crippen molar-refractivity contribution in [3.63, 3.8) is 0 Å². The third-order valence-corrected chi connectivity index (χ3v) is 4.45. The van der Waals surface area contributed by atoms with Crippen LogP contribution >= 0.6 is 0 Å². The summed E-state index contributed by atoms with van der Waals surface area (Å²) < 4.78 is 10.1. The molecule has 1 aliphatic heterocycles. The Hall–Kier alpha value is -2.97. The molecule has 2 N–H and O–H groups in total. The van der Waals surface area contributed by atoms with Gasteiger partial charge in [0.2, 0.25) is 0 Å². The van der Waals surface area contributed by atoms with Crippen molar-refractivity contribution in [2.24, 2.45) is 4.99 Å². The molecule has 1 fully saturated rings. The zero-order valence-electron chi connectivity index (χ0n) is 17.4. The first kappa shape index (κ1) is 22.3. The van der Waals surface area contributed by atoms with Crippen LogP contribution in [0.3, 0.4) is 0 Å². The van der Waals surface area contributed by atoms with E-state index < -0.39 is 0 Å². The highest BCUT2D eigenvalue weighted by Gasteiger charge is 2.23. The normalized spacial score (nSPS) is 14.4. The highest BCUT2D eigenvalue weighted by molar-refractivity contribution is 5.94. The number of carbonyl (C=O) groups is 2. The average Bonchev–Trinajstić information content (AvgIpc) is 2.76. The minimum atomic E-state index is -0.268. The lowest BCUT2D eigenvalue weighted by molar-refractivity contribution is 0.0914. The molecule has 1 aromatic rings. The van der Waals surface area contributed by atoms with Gasteiger partial charge in [0, 0.05) is 44.8 Å². The van der Waals surface area contributed by atoms with Gasteiger partial charge in [-0.05, 0) is 38.1 Å². The van der Waals surface area contributed by atoms with Crippen molar-refractivity contribution in [1.82, 2.24) is 20.4 Å². The summed E-state index contributed by atoms with van der Waals surface area (Å²) in [6.45, 7) is 8.39. The summed E-state index contributed by atoms with van der Waals surface area (Å²) in [4.78, 5) is 32.4. The standard InChI is InChI=1S/C20H31N5O4/c1-4-21-19(24-12-14-25(15-13-24)20(27)29-5-2)23-11-10-22-18(26)16-6-8-17(28-3)9-7-16/h6-9H,4-5,10-15H2,1-3H3,(H,21,23)(H,22,26). The molecule has 1 saturated heterocycles. The lowest BCUT2D eigenvalue weighted by Gasteiger charge is -2.35. The molecular weight excluding hydrogens is 374 g/mol. The van der Waals surface area contributed by atoms with E-state index >= 15 is 0 Å². The third kappa shape index (κ3) is 6.85. The number of methoxy groups -OCH3 is 1. The van der Waals surface area contributed by atoms with Gasteiger partial charge >= 0.3 is 6.09 Å². The Morgan fingerprint density at radius 3 is 2.28 bits per heavy atom. The monoisotopic (exact) mass is 405 g/mol. The number of rotatable bonds is 7. The van der Waals surface area contributed by atoms with Gasteiger partial charge in [0.15, 0.2) is 5.96 Å². The highest BCUT2D eigenvalue weighted by Crippen LogP contribution is 2.11. The van der Waals surface area contributed by atoms with Crippen LogP contribution in [0.25, 0.3) is 0 Å². The van der Waals surface area contributed by atoms with Crippen LogP contribution in [-0.2, 0) is 4.74 Å². The number of nitrogens with zero attached hydrogens (tertiary/aromatic N) is 3. The van der Waals surface area contributed by atoms with E-state index in [-0.39, 0.29) is 12.0 Å². The van der Waals surface area contributed by atoms with Crippen molar-refractivity contribution >= 4 is 18.0 Å². The Labute approximate surface area is 172 Å². The first-order valence-corrected chi connectivity index (χ1v) is 9.96. The molecule has 160 valence electrons. The zero-order valence-corrected chi connectivity index (χ0v) is 17.4. The van der Waals surface area contributed by atoms with Gasteiger partial charge in [-0.25, -0.2) is 4.79 Å². The molecule has 0 spiro atoms. The van der Waals surface area contributed by atoms with Crippen LogP contribution in [0.15, 0.2) is 29.3 Å². The van der Waals surface area contributed by atoms with Gasteiger partial charge in [-0.2, -0.15) is 0 Å². The van der Waals surface area contributed by atoms with Crippen molar-refractivity contribution in [2.75, 3.05) is 59.5 Å². The van der Waals surface area contributed by atoms with Crippen molar-refractivity contribution in [3.8, 4) is 5.75 Å². The summed E-state index contributed by atoms with van der Waals surface area (Å²) in [5.41, 5.74) is 0.580. The van der Waals surface area contributed by atoms with Gasteiger partial charge < -0.3 is 29.9 Å². The lowest BCUT2D eigenvalue weighted by Crippen LogP contribution is -2.54. The molecule has 0 bridgehead atoms. The van der Waals surface area contributed by atoms with Crippen molar-refractivity contribution in [3.05, 3.63) is 29.8 Å². The van der Waals surface area contributed by atoms with Crippen molar-refractivity contribution in [1.29, 1.82) is 0 Å². The Kier molecular flexibility index (Phi) is 9.07.